The fourth-order valence-electron chi connectivity index (χ4n) is 1.54. The summed E-state index contributed by atoms with van der Waals surface area (Å²) < 4.78 is 1.24. The van der Waals surface area contributed by atoms with E-state index in [1.54, 1.807) is 0 Å². The molecule has 0 saturated carbocycles. The van der Waals surface area contributed by atoms with Crippen LogP contribution in [0.2, 0.25) is 0 Å². The lowest BCUT2D eigenvalue weighted by molar-refractivity contribution is 0.197. The highest BCUT2D eigenvalue weighted by Crippen LogP contribution is 2.31. The minimum atomic E-state index is 0.518. The normalized spacial score (nSPS) is 20.5. The van der Waals surface area contributed by atoms with Crippen molar-refractivity contribution in [1.29, 1.82) is 0 Å². The maximum Gasteiger partial charge on any atom is 0.0701 e. The van der Waals surface area contributed by atoms with Gasteiger partial charge in [0.05, 0.1) is 3.79 Å². The molecule has 1 aromatic rings. The van der Waals surface area contributed by atoms with Gasteiger partial charge in [0, 0.05) is 18.0 Å². The standard InChI is InChI=1S/C9H12BrNS/c1-9(5-11-6-9)4-7-2-3-8(10)12-7/h2-3,11H,4-6H2,1H3. The number of halogens is 1. The van der Waals surface area contributed by atoms with E-state index in [1.165, 1.54) is 28.2 Å². The quantitative estimate of drug-likeness (QED) is 0.845. The first-order valence-electron chi connectivity index (χ1n) is 4.13. The molecule has 0 bridgehead atoms. The van der Waals surface area contributed by atoms with Gasteiger partial charge < -0.3 is 5.32 Å². The van der Waals surface area contributed by atoms with Crippen molar-refractivity contribution in [1.82, 2.24) is 5.32 Å². The number of thiophene rings is 1. The van der Waals surface area contributed by atoms with Gasteiger partial charge in [-0.05, 0) is 39.9 Å². The molecule has 0 amide bonds. The van der Waals surface area contributed by atoms with Crippen LogP contribution in [0, 0.1) is 5.41 Å². The summed E-state index contributed by atoms with van der Waals surface area (Å²) in [6, 6.07) is 4.35. The molecule has 66 valence electrons. The minimum Gasteiger partial charge on any atom is -0.316 e. The van der Waals surface area contributed by atoms with E-state index in [1.807, 2.05) is 11.3 Å². The lowest BCUT2D eigenvalue weighted by atomic mass is 9.80. The summed E-state index contributed by atoms with van der Waals surface area (Å²) in [6.07, 6.45) is 1.22. The van der Waals surface area contributed by atoms with Gasteiger partial charge in [0.15, 0.2) is 0 Å². The van der Waals surface area contributed by atoms with Gasteiger partial charge >= 0.3 is 0 Å². The van der Waals surface area contributed by atoms with Crippen LogP contribution in [0.1, 0.15) is 11.8 Å². The molecule has 0 radical (unpaired) electrons. The van der Waals surface area contributed by atoms with Gasteiger partial charge in [0.2, 0.25) is 0 Å². The van der Waals surface area contributed by atoms with Crippen LogP contribution in [0.3, 0.4) is 0 Å². The zero-order valence-corrected chi connectivity index (χ0v) is 9.46. The van der Waals surface area contributed by atoms with Crippen LogP contribution in [0.5, 0.6) is 0 Å². The van der Waals surface area contributed by atoms with E-state index in [0.717, 1.165) is 0 Å². The molecule has 0 spiro atoms. The maximum absolute atomic E-state index is 3.48. The molecule has 1 N–H and O–H groups in total. The average Bonchev–Trinajstić information content (AvgIpc) is 2.32. The molecule has 2 heterocycles. The van der Waals surface area contributed by atoms with Gasteiger partial charge in [-0.1, -0.05) is 6.92 Å². The molecule has 3 heteroatoms. The predicted molar refractivity (Wildman–Crippen MR) is 56.7 cm³/mol. The average molecular weight is 246 g/mol. The van der Waals surface area contributed by atoms with Crippen LogP contribution < -0.4 is 5.32 Å². The van der Waals surface area contributed by atoms with Gasteiger partial charge in [0.1, 0.15) is 0 Å². The van der Waals surface area contributed by atoms with E-state index in [0.29, 0.717) is 5.41 Å². The largest absolute Gasteiger partial charge is 0.316 e. The number of hydrogen-bond donors (Lipinski definition) is 1. The SMILES string of the molecule is CC1(Cc2ccc(Br)s2)CNC1. The summed E-state index contributed by atoms with van der Waals surface area (Å²) in [5.41, 5.74) is 0.518. The van der Waals surface area contributed by atoms with Gasteiger partial charge in [0.25, 0.3) is 0 Å². The maximum atomic E-state index is 3.48. The Morgan fingerprint density at radius 1 is 1.58 bits per heavy atom. The van der Waals surface area contributed by atoms with Crippen molar-refractivity contribution in [2.24, 2.45) is 5.41 Å². The Morgan fingerprint density at radius 2 is 2.33 bits per heavy atom. The van der Waals surface area contributed by atoms with Crippen LogP contribution in [0.25, 0.3) is 0 Å². The van der Waals surface area contributed by atoms with E-state index in [9.17, 15) is 0 Å². The van der Waals surface area contributed by atoms with Crippen LogP contribution in [0.15, 0.2) is 15.9 Å². The zero-order valence-electron chi connectivity index (χ0n) is 7.06. The van der Waals surface area contributed by atoms with Crippen molar-refractivity contribution in [3.63, 3.8) is 0 Å². The number of hydrogen-bond acceptors (Lipinski definition) is 2. The van der Waals surface area contributed by atoms with Gasteiger partial charge in [-0.2, -0.15) is 0 Å². The molecule has 0 aromatic carbocycles. The topological polar surface area (TPSA) is 12.0 Å². The third-order valence-corrected chi connectivity index (χ3v) is 3.96. The number of nitrogens with one attached hydrogen (secondary N) is 1. The minimum absolute atomic E-state index is 0.518. The molecule has 1 aliphatic rings. The van der Waals surface area contributed by atoms with Gasteiger partial charge in [-0.3, -0.25) is 0 Å². The molecule has 0 atom stereocenters. The Labute approximate surface area is 85.3 Å². The van der Waals surface area contributed by atoms with Crippen molar-refractivity contribution >= 4 is 27.3 Å². The lowest BCUT2D eigenvalue weighted by Gasteiger charge is -2.39. The number of rotatable bonds is 2. The molecule has 1 aliphatic heterocycles. The van der Waals surface area contributed by atoms with Crippen molar-refractivity contribution < 1.29 is 0 Å². The monoisotopic (exact) mass is 245 g/mol. The van der Waals surface area contributed by atoms with Crippen molar-refractivity contribution in [2.45, 2.75) is 13.3 Å². The van der Waals surface area contributed by atoms with E-state index in [4.69, 9.17) is 0 Å². The summed E-state index contributed by atoms with van der Waals surface area (Å²) in [6.45, 7) is 4.68. The molecule has 0 unspecified atom stereocenters. The molecular weight excluding hydrogens is 234 g/mol. The summed E-state index contributed by atoms with van der Waals surface area (Å²) in [5, 5.41) is 3.32. The first kappa shape index (κ1) is 8.73. The van der Waals surface area contributed by atoms with Gasteiger partial charge in [-0.25, -0.2) is 0 Å². The smallest absolute Gasteiger partial charge is 0.0701 e. The van der Waals surface area contributed by atoms with Crippen molar-refractivity contribution in [3.05, 3.63) is 20.8 Å². The van der Waals surface area contributed by atoms with E-state index in [-0.39, 0.29) is 0 Å². The van der Waals surface area contributed by atoms with Crippen molar-refractivity contribution in [2.75, 3.05) is 13.1 Å². The third-order valence-electron chi connectivity index (χ3n) is 2.33. The van der Waals surface area contributed by atoms with E-state index >= 15 is 0 Å². The summed E-state index contributed by atoms with van der Waals surface area (Å²) >= 11 is 5.34. The molecule has 1 aromatic heterocycles. The third kappa shape index (κ3) is 1.73. The molecular formula is C9H12BrNS. The molecule has 1 saturated heterocycles. The summed E-state index contributed by atoms with van der Waals surface area (Å²) in [7, 11) is 0. The summed E-state index contributed by atoms with van der Waals surface area (Å²) in [5.74, 6) is 0. The Balaban J connectivity index is 2.03. The van der Waals surface area contributed by atoms with Crippen LogP contribution in [-0.2, 0) is 6.42 Å². The Bertz CT molecular complexity index is 278. The highest BCUT2D eigenvalue weighted by Gasteiger charge is 2.31. The summed E-state index contributed by atoms with van der Waals surface area (Å²) in [4.78, 5) is 1.49. The predicted octanol–water partition coefficient (Wildman–Crippen LogP) is 2.66. The molecule has 12 heavy (non-hydrogen) atoms. The van der Waals surface area contributed by atoms with E-state index < -0.39 is 0 Å². The Morgan fingerprint density at radius 3 is 2.75 bits per heavy atom. The first-order chi connectivity index (χ1) is 5.68. The second kappa shape index (κ2) is 3.13. The van der Waals surface area contributed by atoms with Gasteiger partial charge in [-0.15, -0.1) is 11.3 Å². The molecule has 1 fully saturated rings. The first-order valence-corrected chi connectivity index (χ1v) is 5.74. The van der Waals surface area contributed by atoms with Crippen molar-refractivity contribution in [3.8, 4) is 0 Å². The van der Waals surface area contributed by atoms with Crippen LogP contribution in [-0.4, -0.2) is 13.1 Å². The van der Waals surface area contributed by atoms with Crippen LogP contribution in [0.4, 0.5) is 0 Å². The lowest BCUT2D eigenvalue weighted by Crippen LogP contribution is -2.52. The Hall–Kier alpha value is 0.140. The fourth-order valence-corrected chi connectivity index (χ4v) is 3.24. The molecule has 2 rings (SSSR count). The Kier molecular flexibility index (Phi) is 2.27. The molecule has 0 aliphatic carbocycles. The second-order valence-corrected chi connectivity index (χ2v) is 6.34. The van der Waals surface area contributed by atoms with Crippen LogP contribution >= 0.6 is 27.3 Å². The fraction of sp³-hybridized carbons (Fsp3) is 0.556. The van der Waals surface area contributed by atoms with E-state index in [2.05, 4.69) is 40.3 Å². The highest BCUT2D eigenvalue weighted by molar-refractivity contribution is 9.11. The molecule has 1 nitrogen and oxygen atoms in total. The highest BCUT2D eigenvalue weighted by atomic mass is 79.9. The zero-order chi connectivity index (χ0) is 8.60. The second-order valence-electron chi connectivity index (χ2n) is 3.80.